The Morgan fingerprint density at radius 2 is 2.00 bits per heavy atom. The van der Waals surface area contributed by atoms with Crippen LogP contribution in [0.1, 0.15) is 12.8 Å². The fraction of sp³-hybridized carbons (Fsp3) is 0.538. The van der Waals surface area contributed by atoms with Crippen molar-refractivity contribution < 1.29 is 13.2 Å². The Labute approximate surface area is 113 Å². The Balaban J connectivity index is 1.75. The Bertz CT molecular complexity index is 546. The Kier molecular flexibility index (Phi) is 3.34. The third-order valence-corrected chi connectivity index (χ3v) is 5.50. The molecule has 1 aromatic carbocycles. The molecule has 1 aliphatic heterocycles. The smallest absolute Gasteiger partial charge is 0.240 e. The normalized spacial score (nSPS) is 34.4. The first-order valence-corrected chi connectivity index (χ1v) is 8.02. The molecule has 3 N–H and O–H groups in total. The van der Waals surface area contributed by atoms with Crippen LogP contribution in [0.4, 0.5) is 0 Å². The zero-order chi connectivity index (χ0) is 13.5. The molecule has 19 heavy (non-hydrogen) atoms. The minimum Gasteiger partial charge on any atom is -0.376 e. The van der Waals surface area contributed by atoms with Gasteiger partial charge in [0.2, 0.25) is 10.0 Å². The first kappa shape index (κ1) is 13.1. The Morgan fingerprint density at radius 1 is 1.26 bits per heavy atom. The highest BCUT2D eigenvalue weighted by atomic mass is 32.2. The van der Waals surface area contributed by atoms with Gasteiger partial charge in [-0.25, -0.2) is 13.1 Å². The summed E-state index contributed by atoms with van der Waals surface area (Å²) in [6.45, 7) is 0.692. The standard InChI is InChI=1S/C13H18N2O3S/c14-11-10-7-4-8-18-13(10)12(11)15-19(16,17)9-5-2-1-3-6-9/h1-3,5-6,10-13,15H,4,7-8,14H2. The Morgan fingerprint density at radius 3 is 2.74 bits per heavy atom. The highest BCUT2D eigenvalue weighted by Crippen LogP contribution is 2.37. The first-order chi connectivity index (χ1) is 9.09. The lowest BCUT2D eigenvalue weighted by Crippen LogP contribution is -2.71. The maximum absolute atomic E-state index is 12.2. The van der Waals surface area contributed by atoms with Gasteiger partial charge in [0.25, 0.3) is 0 Å². The molecule has 1 aliphatic carbocycles. The van der Waals surface area contributed by atoms with Gasteiger partial charge in [-0.05, 0) is 25.0 Å². The summed E-state index contributed by atoms with van der Waals surface area (Å²) in [7, 11) is -3.51. The van der Waals surface area contributed by atoms with E-state index in [0.29, 0.717) is 6.61 Å². The average molecular weight is 282 g/mol. The van der Waals surface area contributed by atoms with E-state index >= 15 is 0 Å². The summed E-state index contributed by atoms with van der Waals surface area (Å²) in [5, 5.41) is 0. The lowest BCUT2D eigenvalue weighted by molar-refractivity contribution is -0.114. The van der Waals surface area contributed by atoms with Crippen LogP contribution in [0.25, 0.3) is 0 Å². The number of rotatable bonds is 3. The molecule has 0 spiro atoms. The van der Waals surface area contributed by atoms with Gasteiger partial charge in [0.1, 0.15) is 0 Å². The van der Waals surface area contributed by atoms with E-state index in [-0.39, 0.29) is 29.0 Å². The molecule has 1 aromatic rings. The zero-order valence-electron chi connectivity index (χ0n) is 10.5. The van der Waals surface area contributed by atoms with Crippen molar-refractivity contribution in [1.82, 2.24) is 4.72 Å². The number of hydrogen-bond donors (Lipinski definition) is 2. The summed E-state index contributed by atoms with van der Waals surface area (Å²) < 4.78 is 32.8. The summed E-state index contributed by atoms with van der Waals surface area (Å²) in [5.74, 6) is 0.289. The van der Waals surface area contributed by atoms with Gasteiger partial charge in [-0.3, -0.25) is 0 Å². The number of fused-ring (bicyclic) bond motifs is 1. The molecular formula is C13H18N2O3S. The molecule has 0 amide bonds. The molecule has 0 bridgehead atoms. The van der Waals surface area contributed by atoms with Crippen molar-refractivity contribution in [2.45, 2.75) is 35.9 Å². The predicted octanol–water partition coefficient (Wildman–Crippen LogP) is 0.470. The topological polar surface area (TPSA) is 81.4 Å². The highest BCUT2D eigenvalue weighted by Gasteiger charge is 2.51. The van der Waals surface area contributed by atoms with Gasteiger partial charge in [0.05, 0.1) is 17.0 Å². The predicted molar refractivity (Wildman–Crippen MR) is 71.0 cm³/mol. The molecule has 1 saturated carbocycles. The third kappa shape index (κ3) is 2.29. The minimum atomic E-state index is -3.51. The molecule has 2 aliphatic rings. The van der Waals surface area contributed by atoms with Crippen LogP contribution in [0.5, 0.6) is 0 Å². The highest BCUT2D eigenvalue weighted by molar-refractivity contribution is 7.89. The molecule has 2 fully saturated rings. The monoisotopic (exact) mass is 282 g/mol. The van der Waals surface area contributed by atoms with Gasteiger partial charge in [-0.1, -0.05) is 18.2 Å². The fourth-order valence-corrected chi connectivity index (χ4v) is 4.24. The van der Waals surface area contributed by atoms with E-state index in [1.54, 1.807) is 30.3 Å². The quantitative estimate of drug-likeness (QED) is 0.844. The lowest BCUT2D eigenvalue weighted by Gasteiger charge is -2.52. The van der Waals surface area contributed by atoms with Gasteiger partial charge >= 0.3 is 0 Å². The molecule has 6 heteroatoms. The fourth-order valence-electron chi connectivity index (χ4n) is 2.94. The molecule has 1 saturated heterocycles. The van der Waals surface area contributed by atoms with Crippen LogP contribution in [0.15, 0.2) is 35.2 Å². The average Bonchev–Trinajstić information content (AvgIpc) is 2.45. The number of ether oxygens (including phenoxy) is 1. The van der Waals surface area contributed by atoms with E-state index in [4.69, 9.17) is 10.5 Å². The van der Waals surface area contributed by atoms with Crippen LogP contribution in [-0.4, -0.2) is 33.2 Å². The largest absolute Gasteiger partial charge is 0.376 e. The zero-order valence-corrected chi connectivity index (χ0v) is 11.3. The van der Waals surface area contributed by atoms with Gasteiger partial charge in [0, 0.05) is 18.6 Å². The summed E-state index contributed by atoms with van der Waals surface area (Å²) in [5.41, 5.74) is 6.06. The minimum absolute atomic E-state index is 0.0674. The van der Waals surface area contributed by atoms with Crippen molar-refractivity contribution in [2.75, 3.05) is 6.61 Å². The number of nitrogens with two attached hydrogens (primary N) is 1. The van der Waals surface area contributed by atoms with Gasteiger partial charge in [0.15, 0.2) is 0 Å². The van der Waals surface area contributed by atoms with Crippen LogP contribution in [-0.2, 0) is 14.8 Å². The van der Waals surface area contributed by atoms with E-state index < -0.39 is 10.0 Å². The number of hydrogen-bond acceptors (Lipinski definition) is 4. The lowest BCUT2D eigenvalue weighted by atomic mass is 9.69. The van der Waals surface area contributed by atoms with Gasteiger partial charge < -0.3 is 10.5 Å². The van der Waals surface area contributed by atoms with E-state index in [1.165, 1.54) is 0 Å². The second-order valence-electron chi connectivity index (χ2n) is 5.18. The van der Waals surface area contributed by atoms with E-state index in [9.17, 15) is 8.42 Å². The summed E-state index contributed by atoms with van der Waals surface area (Å²) in [6, 6.07) is 7.88. The van der Waals surface area contributed by atoms with Crippen LogP contribution >= 0.6 is 0 Å². The molecule has 4 unspecified atom stereocenters. The van der Waals surface area contributed by atoms with Gasteiger partial charge in [-0.2, -0.15) is 0 Å². The van der Waals surface area contributed by atoms with E-state index in [0.717, 1.165) is 12.8 Å². The van der Waals surface area contributed by atoms with Crippen molar-refractivity contribution in [3.05, 3.63) is 30.3 Å². The SMILES string of the molecule is NC1C2CCCOC2C1NS(=O)(=O)c1ccccc1. The Hall–Kier alpha value is -0.950. The molecule has 5 nitrogen and oxygen atoms in total. The molecule has 4 atom stereocenters. The van der Waals surface area contributed by atoms with Crippen LogP contribution in [0.3, 0.4) is 0 Å². The number of sulfonamides is 1. The van der Waals surface area contributed by atoms with Crippen molar-refractivity contribution in [3.63, 3.8) is 0 Å². The molecule has 3 rings (SSSR count). The second-order valence-corrected chi connectivity index (χ2v) is 6.89. The van der Waals surface area contributed by atoms with Crippen molar-refractivity contribution in [1.29, 1.82) is 0 Å². The summed E-state index contributed by atoms with van der Waals surface area (Å²) >= 11 is 0. The van der Waals surface area contributed by atoms with Crippen molar-refractivity contribution in [2.24, 2.45) is 11.7 Å². The summed E-state index contributed by atoms with van der Waals surface area (Å²) in [6.07, 6.45) is 1.96. The van der Waals surface area contributed by atoms with E-state index in [1.807, 2.05) is 0 Å². The van der Waals surface area contributed by atoms with Crippen LogP contribution in [0, 0.1) is 5.92 Å². The molecule has 0 aromatic heterocycles. The van der Waals surface area contributed by atoms with Crippen LogP contribution in [0.2, 0.25) is 0 Å². The third-order valence-electron chi connectivity index (χ3n) is 4.02. The summed E-state index contributed by atoms with van der Waals surface area (Å²) in [4.78, 5) is 0.265. The van der Waals surface area contributed by atoms with Gasteiger partial charge in [-0.15, -0.1) is 0 Å². The molecular weight excluding hydrogens is 264 g/mol. The van der Waals surface area contributed by atoms with E-state index in [2.05, 4.69) is 4.72 Å². The number of benzene rings is 1. The maximum atomic E-state index is 12.2. The second kappa shape index (κ2) is 4.86. The van der Waals surface area contributed by atoms with Crippen molar-refractivity contribution >= 4 is 10.0 Å². The molecule has 1 heterocycles. The molecule has 0 radical (unpaired) electrons. The number of nitrogens with one attached hydrogen (secondary N) is 1. The van der Waals surface area contributed by atoms with Crippen molar-refractivity contribution in [3.8, 4) is 0 Å². The first-order valence-electron chi connectivity index (χ1n) is 6.54. The molecule has 104 valence electrons. The van der Waals surface area contributed by atoms with Crippen LogP contribution < -0.4 is 10.5 Å². The maximum Gasteiger partial charge on any atom is 0.240 e.